The molecule has 102 valence electrons. The number of hydrogen-bond acceptors (Lipinski definition) is 4. The van der Waals surface area contributed by atoms with Gasteiger partial charge in [0.2, 0.25) is 0 Å². The van der Waals surface area contributed by atoms with Gasteiger partial charge < -0.3 is 10.5 Å². The monoisotopic (exact) mass is 264 g/mol. The van der Waals surface area contributed by atoms with Gasteiger partial charge >= 0.3 is 0 Å². The molecule has 0 aliphatic carbocycles. The van der Waals surface area contributed by atoms with Crippen LogP contribution >= 0.6 is 0 Å². The predicted octanol–water partition coefficient (Wildman–Crippen LogP) is 2.04. The minimum Gasteiger partial charge on any atom is -0.486 e. The van der Waals surface area contributed by atoms with Gasteiger partial charge in [0.1, 0.15) is 24.5 Å². The summed E-state index contributed by atoms with van der Waals surface area (Å²) in [6.45, 7) is 4.68. The predicted molar refractivity (Wildman–Crippen MR) is 69.0 cm³/mol. The van der Waals surface area contributed by atoms with Gasteiger partial charge in [-0.2, -0.15) is 5.10 Å². The van der Waals surface area contributed by atoms with Crippen molar-refractivity contribution < 1.29 is 9.13 Å². The van der Waals surface area contributed by atoms with Crippen LogP contribution in [0.3, 0.4) is 0 Å². The summed E-state index contributed by atoms with van der Waals surface area (Å²) in [7, 11) is 0. The molecule has 1 aromatic carbocycles. The molecule has 0 aliphatic heterocycles. The molecule has 0 amide bonds. The lowest BCUT2D eigenvalue weighted by atomic mass is 10.1. The highest BCUT2D eigenvalue weighted by molar-refractivity contribution is 5.30. The van der Waals surface area contributed by atoms with E-state index in [0.717, 1.165) is 6.54 Å². The van der Waals surface area contributed by atoms with E-state index in [1.807, 2.05) is 6.92 Å². The van der Waals surface area contributed by atoms with Crippen molar-refractivity contribution in [3.05, 3.63) is 41.7 Å². The molecular formula is C13H17FN4O. The molecule has 1 heterocycles. The van der Waals surface area contributed by atoms with Crippen LogP contribution in [0.5, 0.6) is 5.75 Å². The fraction of sp³-hybridized carbons (Fsp3) is 0.385. The highest BCUT2D eigenvalue weighted by Crippen LogP contribution is 2.21. The average Bonchev–Trinajstić information content (AvgIpc) is 2.83. The van der Waals surface area contributed by atoms with Crippen molar-refractivity contribution in [1.29, 1.82) is 0 Å². The van der Waals surface area contributed by atoms with Crippen LogP contribution in [0.4, 0.5) is 4.39 Å². The minimum absolute atomic E-state index is 0.255. The second-order valence-electron chi connectivity index (χ2n) is 4.25. The van der Waals surface area contributed by atoms with E-state index in [-0.39, 0.29) is 18.5 Å². The van der Waals surface area contributed by atoms with E-state index in [1.165, 1.54) is 12.4 Å². The van der Waals surface area contributed by atoms with Gasteiger partial charge in [-0.25, -0.2) is 14.1 Å². The third kappa shape index (κ3) is 3.08. The van der Waals surface area contributed by atoms with Crippen LogP contribution in [0.1, 0.15) is 31.3 Å². The summed E-state index contributed by atoms with van der Waals surface area (Å²) in [5.41, 5.74) is 6.13. The van der Waals surface area contributed by atoms with Crippen molar-refractivity contribution in [2.75, 3.05) is 0 Å². The molecule has 0 saturated heterocycles. The molecular weight excluding hydrogens is 247 g/mol. The molecule has 6 heteroatoms. The van der Waals surface area contributed by atoms with Crippen molar-refractivity contribution in [3.63, 3.8) is 0 Å². The topological polar surface area (TPSA) is 66.0 Å². The van der Waals surface area contributed by atoms with Crippen molar-refractivity contribution in [1.82, 2.24) is 14.8 Å². The van der Waals surface area contributed by atoms with E-state index < -0.39 is 0 Å². The summed E-state index contributed by atoms with van der Waals surface area (Å²) < 4.78 is 21.0. The molecule has 2 aromatic rings. The summed E-state index contributed by atoms with van der Waals surface area (Å²) >= 11 is 0. The number of rotatable bonds is 5. The van der Waals surface area contributed by atoms with Crippen molar-refractivity contribution in [3.8, 4) is 5.75 Å². The lowest BCUT2D eigenvalue weighted by Crippen LogP contribution is -2.09. The molecule has 1 atom stereocenters. The standard InChI is InChI=1S/C13H17FN4O/c1-3-18-13(16-8-17-18)7-19-10-4-5-11(9(2)15)12(14)6-10/h4-6,8-9H,3,7,15H2,1-2H3. The second kappa shape index (κ2) is 5.79. The van der Waals surface area contributed by atoms with Gasteiger partial charge in [0.25, 0.3) is 0 Å². The lowest BCUT2D eigenvalue weighted by Gasteiger charge is -2.10. The zero-order chi connectivity index (χ0) is 13.8. The number of hydrogen-bond donors (Lipinski definition) is 1. The van der Waals surface area contributed by atoms with Gasteiger partial charge in [-0.05, 0) is 19.9 Å². The Morgan fingerprint density at radius 1 is 1.47 bits per heavy atom. The SMILES string of the molecule is CCn1ncnc1COc1ccc(C(C)N)c(F)c1. The Morgan fingerprint density at radius 3 is 2.89 bits per heavy atom. The Balaban J connectivity index is 2.06. The maximum atomic E-state index is 13.7. The third-order valence-electron chi connectivity index (χ3n) is 2.83. The molecule has 1 aromatic heterocycles. The second-order valence-corrected chi connectivity index (χ2v) is 4.25. The van der Waals surface area contributed by atoms with Crippen LogP contribution in [0.15, 0.2) is 24.5 Å². The fourth-order valence-corrected chi connectivity index (χ4v) is 1.78. The van der Waals surface area contributed by atoms with Gasteiger partial charge in [0, 0.05) is 24.2 Å². The summed E-state index contributed by atoms with van der Waals surface area (Å²) in [6, 6.07) is 4.34. The highest BCUT2D eigenvalue weighted by atomic mass is 19.1. The van der Waals surface area contributed by atoms with Crippen LogP contribution in [0.2, 0.25) is 0 Å². The Morgan fingerprint density at radius 2 is 2.26 bits per heavy atom. The van der Waals surface area contributed by atoms with Crippen LogP contribution in [-0.2, 0) is 13.2 Å². The molecule has 0 radical (unpaired) electrons. The number of aryl methyl sites for hydroxylation is 1. The molecule has 5 nitrogen and oxygen atoms in total. The molecule has 0 aliphatic rings. The van der Waals surface area contributed by atoms with Gasteiger partial charge in [0.05, 0.1) is 0 Å². The van der Waals surface area contributed by atoms with Gasteiger partial charge in [-0.15, -0.1) is 0 Å². The van der Waals surface area contributed by atoms with E-state index >= 15 is 0 Å². The van der Waals surface area contributed by atoms with E-state index in [1.54, 1.807) is 23.7 Å². The number of ether oxygens (including phenoxy) is 1. The smallest absolute Gasteiger partial charge is 0.164 e. The molecule has 0 bridgehead atoms. The molecule has 19 heavy (non-hydrogen) atoms. The summed E-state index contributed by atoms with van der Waals surface area (Å²) in [5, 5.41) is 4.04. The van der Waals surface area contributed by atoms with Crippen LogP contribution in [0, 0.1) is 5.82 Å². The Kier molecular flexibility index (Phi) is 4.11. The first-order valence-corrected chi connectivity index (χ1v) is 6.16. The normalized spacial score (nSPS) is 12.4. The molecule has 2 rings (SSSR count). The largest absolute Gasteiger partial charge is 0.486 e. The van der Waals surface area contributed by atoms with Gasteiger partial charge in [0.15, 0.2) is 5.82 Å². The van der Waals surface area contributed by atoms with E-state index in [2.05, 4.69) is 10.1 Å². The molecule has 2 N–H and O–H groups in total. The van der Waals surface area contributed by atoms with Crippen molar-refractivity contribution in [2.45, 2.75) is 33.0 Å². The Bertz CT molecular complexity index is 553. The van der Waals surface area contributed by atoms with Crippen LogP contribution in [-0.4, -0.2) is 14.8 Å². The zero-order valence-electron chi connectivity index (χ0n) is 11.0. The number of nitrogens with zero attached hydrogens (tertiary/aromatic N) is 3. The maximum Gasteiger partial charge on any atom is 0.164 e. The first-order valence-electron chi connectivity index (χ1n) is 6.16. The zero-order valence-corrected chi connectivity index (χ0v) is 11.0. The van der Waals surface area contributed by atoms with E-state index in [9.17, 15) is 4.39 Å². The van der Waals surface area contributed by atoms with E-state index in [4.69, 9.17) is 10.5 Å². The first kappa shape index (κ1) is 13.5. The van der Waals surface area contributed by atoms with Crippen molar-refractivity contribution in [2.24, 2.45) is 5.73 Å². The number of nitrogens with two attached hydrogens (primary N) is 1. The summed E-state index contributed by atoms with van der Waals surface area (Å²) in [5.74, 6) is 0.802. The third-order valence-corrected chi connectivity index (χ3v) is 2.83. The first-order chi connectivity index (χ1) is 9.11. The molecule has 0 spiro atoms. The minimum atomic E-state index is -0.357. The Hall–Kier alpha value is -1.95. The average molecular weight is 264 g/mol. The Labute approximate surface area is 111 Å². The maximum absolute atomic E-state index is 13.7. The molecule has 0 fully saturated rings. The molecule has 1 unspecified atom stereocenters. The summed E-state index contributed by atoms with van der Waals surface area (Å²) in [4.78, 5) is 4.08. The lowest BCUT2D eigenvalue weighted by molar-refractivity contribution is 0.285. The van der Waals surface area contributed by atoms with Crippen LogP contribution in [0.25, 0.3) is 0 Å². The van der Waals surface area contributed by atoms with Gasteiger partial charge in [-0.3, -0.25) is 0 Å². The number of halogens is 1. The van der Waals surface area contributed by atoms with E-state index in [0.29, 0.717) is 17.1 Å². The van der Waals surface area contributed by atoms with Crippen molar-refractivity contribution >= 4 is 0 Å². The van der Waals surface area contributed by atoms with Gasteiger partial charge in [-0.1, -0.05) is 6.07 Å². The van der Waals surface area contributed by atoms with Crippen LogP contribution < -0.4 is 10.5 Å². The summed E-state index contributed by atoms with van der Waals surface area (Å²) in [6.07, 6.45) is 1.47. The highest BCUT2D eigenvalue weighted by Gasteiger charge is 2.09. The quantitative estimate of drug-likeness (QED) is 0.897. The fourth-order valence-electron chi connectivity index (χ4n) is 1.78. The number of benzene rings is 1. The number of aromatic nitrogens is 3. The molecule has 0 saturated carbocycles.